The molecule has 4 rings (SSSR count). The van der Waals surface area contributed by atoms with Gasteiger partial charge in [-0.05, 0) is 36.6 Å². The van der Waals surface area contributed by atoms with Crippen LogP contribution in [0.25, 0.3) is 32.9 Å². The first-order chi connectivity index (χ1) is 10.6. The lowest BCUT2D eigenvalue weighted by Crippen LogP contribution is -1.87. The summed E-state index contributed by atoms with van der Waals surface area (Å²) in [7, 11) is 0. The van der Waals surface area contributed by atoms with Crippen molar-refractivity contribution in [3.05, 3.63) is 70.2 Å². The van der Waals surface area contributed by atoms with Crippen molar-refractivity contribution in [2.45, 2.75) is 13.8 Å². The Hall–Kier alpha value is -2.06. The van der Waals surface area contributed by atoms with Crippen LogP contribution in [0.3, 0.4) is 0 Å². The van der Waals surface area contributed by atoms with Gasteiger partial charge in [0.2, 0.25) is 0 Å². The molecule has 0 aliphatic rings. The molecule has 3 aromatic carbocycles. The number of aromatic nitrogens is 1. The lowest BCUT2D eigenvalue weighted by atomic mass is 9.98. The SMILES string of the molecule is Cc1cc(-c2cccc3c2[nH]c2ccccc23)cc(C)c1Br. The molecule has 0 atom stereocenters. The van der Waals surface area contributed by atoms with E-state index in [1.807, 2.05) is 0 Å². The molecule has 1 N–H and O–H groups in total. The molecule has 0 aliphatic heterocycles. The van der Waals surface area contributed by atoms with E-state index in [2.05, 4.69) is 89.4 Å². The summed E-state index contributed by atoms with van der Waals surface area (Å²) >= 11 is 3.66. The molecular formula is C20H16BrN. The highest BCUT2D eigenvalue weighted by molar-refractivity contribution is 9.10. The van der Waals surface area contributed by atoms with Crippen LogP contribution in [0.2, 0.25) is 0 Å². The lowest BCUT2D eigenvalue weighted by Gasteiger charge is -2.09. The average molecular weight is 350 g/mol. The minimum Gasteiger partial charge on any atom is -0.354 e. The molecule has 0 fully saturated rings. The Kier molecular flexibility index (Phi) is 3.08. The number of benzene rings is 3. The Morgan fingerprint density at radius 1 is 0.818 bits per heavy atom. The summed E-state index contributed by atoms with van der Waals surface area (Å²) in [5.74, 6) is 0. The average Bonchev–Trinajstić information content (AvgIpc) is 2.90. The number of rotatable bonds is 1. The van der Waals surface area contributed by atoms with Gasteiger partial charge in [0, 0.05) is 26.3 Å². The molecule has 1 aromatic heterocycles. The fourth-order valence-electron chi connectivity index (χ4n) is 3.22. The molecular weight excluding hydrogens is 334 g/mol. The van der Waals surface area contributed by atoms with Crippen molar-refractivity contribution in [1.29, 1.82) is 0 Å². The summed E-state index contributed by atoms with van der Waals surface area (Å²) in [5, 5.41) is 2.57. The van der Waals surface area contributed by atoms with E-state index in [1.54, 1.807) is 0 Å². The van der Waals surface area contributed by atoms with Crippen LogP contribution in [0.15, 0.2) is 59.1 Å². The fraction of sp³-hybridized carbons (Fsp3) is 0.100. The van der Waals surface area contributed by atoms with Crippen LogP contribution >= 0.6 is 15.9 Å². The predicted molar refractivity (Wildman–Crippen MR) is 98.4 cm³/mol. The summed E-state index contributed by atoms with van der Waals surface area (Å²) in [6, 6.07) is 19.5. The Labute approximate surface area is 138 Å². The van der Waals surface area contributed by atoms with Crippen LogP contribution in [0.1, 0.15) is 11.1 Å². The largest absolute Gasteiger partial charge is 0.354 e. The third kappa shape index (κ3) is 1.98. The summed E-state index contributed by atoms with van der Waals surface area (Å²) in [6.07, 6.45) is 0. The van der Waals surface area contributed by atoms with Gasteiger partial charge in [-0.25, -0.2) is 0 Å². The molecule has 4 aromatic rings. The van der Waals surface area contributed by atoms with Crippen molar-refractivity contribution in [2.75, 3.05) is 0 Å². The van der Waals surface area contributed by atoms with Crippen LogP contribution in [-0.2, 0) is 0 Å². The van der Waals surface area contributed by atoms with E-state index >= 15 is 0 Å². The molecule has 108 valence electrons. The summed E-state index contributed by atoms with van der Waals surface area (Å²) < 4.78 is 1.19. The number of aromatic amines is 1. The number of halogens is 1. The third-order valence-electron chi connectivity index (χ3n) is 4.29. The second kappa shape index (κ2) is 4.99. The van der Waals surface area contributed by atoms with Gasteiger partial charge in [0.1, 0.15) is 0 Å². The highest BCUT2D eigenvalue weighted by atomic mass is 79.9. The standard InChI is InChI=1S/C20H16BrN/c1-12-10-14(11-13(2)19(12)21)15-7-5-8-17-16-6-3-4-9-18(16)22-20(15)17/h3-11,22H,1-2H3. The molecule has 0 radical (unpaired) electrons. The van der Waals surface area contributed by atoms with E-state index in [4.69, 9.17) is 0 Å². The Balaban J connectivity index is 2.07. The second-order valence-corrected chi connectivity index (χ2v) is 6.62. The van der Waals surface area contributed by atoms with Gasteiger partial charge in [-0.3, -0.25) is 0 Å². The first-order valence-corrected chi connectivity index (χ1v) is 8.21. The maximum absolute atomic E-state index is 3.66. The van der Waals surface area contributed by atoms with Gasteiger partial charge in [-0.15, -0.1) is 0 Å². The molecule has 1 heterocycles. The molecule has 0 spiro atoms. The first-order valence-electron chi connectivity index (χ1n) is 7.42. The minimum atomic E-state index is 1.19. The van der Waals surface area contributed by atoms with E-state index in [0.717, 1.165) is 0 Å². The zero-order chi connectivity index (χ0) is 15.3. The molecule has 22 heavy (non-hydrogen) atoms. The maximum atomic E-state index is 3.66. The minimum absolute atomic E-state index is 1.19. The number of nitrogens with one attached hydrogen (secondary N) is 1. The van der Waals surface area contributed by atoms with Gasteiger partial charge >= 0.3 is 0 Å². The molecule has 0 saturated heterocycles. The van der Waals surface area contributed by atoms with Crippen LogP contribution < -0.4 is 0 Å². The zero-order valence-corrected chi connectivity index (χ0v) is 14.2. The van der Waals surface area contributed by atoms with Gasteiger partial charge in [-0.2, -0.15) is 0 Å². The van der Waals surface area contributed by atoms with Gasteiger partial charge in [0.25, 0.3) is 0 Å². The van der Waals surface area contributed by atoms with E-state index in [0.29, 0.717) is 0 Å². The number of hydrogen-bond donors (Lipinski definition) is 1. The second-order valence-electron chi connectivity index (χ2n) is 5.82. The van der Waals surface area contributed by atoms with Gasteiger partial charge in [0.15, 0.2) is 0 Å². The molecule has 0 aliphatic carbocycles. The Morgan fingerprint density at radius 3 is 2.27 bits per heavy atom. The molecule has 0 bridgehead atoms. The van der Waals surface area contributed by atoms with E-state index in [-0.39, 0.29) is 0 Å². The lowest BCUT2D eigenvalue weighted by molar-refractivity contribution is 1.34. The smallest absolute Gasteiger partial charge is 0.0544 e. The van der Waals surface area contributed by atoms with E-state index in [9.17, 15) is 0 Å². The zero-order valence-electron chi connectivity index (χ0n) is 12.6. The van der Waals surface area contributed by atoms with Crippen LogP contribution in [-0.4, -0.2) is 4.98 Å². The first kappa shape index (κ1) is 13.6. The number of para-hydroxylation sites is 2. The van der Waals surface area contributed by atoms with Crippen molar-refractivity contribution >= 4 is 37.7 Å². The monoisotopic (exact) mass is 349 g/mol. The van der Waals surface area contributed by atoms with Gasteiger partial charge < -0.3 is 4.98 Å². The van der Waals surface area contributed by atoms with Crippen molar-refractivity contribution in [3.63, 3.8) is 0 Å². The Bertz CT molecular complexity index is 988. The molecule has 2 heteroatoms. The van der Waals surface area contributed by atoms with Crippen molar-refractivity contribution in [1.82, 2.24) is 4.98 Å². The van der Waals surface area contributed by atoms with Crippen LogP contribution in [0, 0.1) is 13.8 Å². The maximum Gasteiger partial charge on any atom is 0.0544 e. The van der Waals surface area contributed by atoms with Crippen LogP contribution in [0.5, 0.6) is 0 Å². The predicted octanol–water partition coefficient (Wildman–Crippen LogP) is 6.37. The molecule has 0 unspecified atom stereocenters. The van der Waals surface area contributed by atoms with Gasteiger partial charge in [0.05, 0.1) is 5.52 Å². The third-order valence-corrected chi connectivity index (χ3v) is 5.54. The number of aryl methyl sites for hydroxylation is 2. The van der Waals surface area contributed by atoms with Crippen molar-refractivity contribution in [3.8, 4) is 11.1 Å². The quantitative estimate of drug-likeness (QED) is 0.411. The fourth-order valence-corrected chi connectivity index (χ4v) is 3.44. The molecule has 0 amide bonds. The normalized spacial score (nSPS) is 11.4. The number of fused-ring (bicyclic) bond motifs is 3. The van der Waals surface area contributed by atoms with E-state index < -0.39 is 0 Å². The molecule has 1 nitrogen and oxygen atoms in total. The highest BCUT2D eigenvalue weighted by Crippen LogP contribution is 2.35. The summed E-state index contributed by atoms with van der Waals surface area (Å²) in [6.45, 7) is 4.29. The summed E-state index contributed by atoms with van der Waals surface area (Å²) in [4.78, 5) is 3.59. The number of hydrogen-bond acceptors (Lipinski definition) is 0. The summed E-state index contributed by atoms with van der Waals surface area (Å²) in [5.41, 5.74) is 7.45. The van der Waals surface area contributed by atoms with E-state index in [1.165, 1.54) is 48.5 Å². The topological polar surface area (TPSA) is 15.8 Å². The van der Waals surface area contributed by atoms with Crippen LogP contribution in [0.4, 0.5) is 0 Å². The van der Waals surface area contributed by atoms with Gasteiger partial charge in [-0.1, -0.05) is 64.5 Å². The highest BCUT2D eigenvalue weighted by Gasteiger charge is 2.11. The Morgan fingerprint density at radius 2 is 1.50 bits per heavy atom. The van der Waals surface area contributed by atoms with Crippen molar-refractivity contribution < 1.29 is 0 Å². The number of H-pyrrole nitrogens is 1. The van der Waals surface area contributed by atoms with Crippen molar-refractivity contribution in [2.24, 2.45) is 0 Å². The molecule has 0 saturated carbocycles.